The van der Waals surface area contributed by atoms with E-state index in [1.54, 1.807) is 13.0 Å². The lowest BCUT2D eigenvalue weighted by molar-refractivity contribution is -0.140. The second-order valence-electron chi connectivity index (χ2n) is 3.49. The molecule has 1 atom stereocenters. The molecule has 0 saturated carbocycles. The number of rotatable bonds is 7. The molecule has 2 N–H and O–H groups in total. The van der Waals surface area contributed by atoms with Crippen LogP contribution in [0.2, 0.25) is 0 Å². The van der Waals surface area contributed by atoms with E-state index in [4.69, 9.17) is 14.3 Å². The standard InChI is InChI=1S/C11H14BrNO5/c1-2-17-7(5-10(14)15)6-13-11(16)8-3-4-9(12)18-8/h3-4,7H,2,5-6H2,1H3,(H,13,16)(H,14,15). The molecule has 1 aromatic rings. The second kappa shape index (κ2) is 7.17. The number of carboxylic acids is 1. The van der Waals surface area contributed by atoms with Crippen molar-refractivity contribution in [2.45, 2.75) is 19.4 Å². The van der Waals surface area contributed by atoms with Crippen LogP contribution in [-0.4, -0.2) is 36.2 Å². The molecule has 1 amide bonds. The molecule has 0 radical (unpaired) electrons. The highest BCUT2D eigenvalue weighted by Gasteiger charge is 2.16. The zero-order valence-corrected chi connectivity index (χ0v) is 11.4. The van der Waals surface area contributed by atoms with Gasteiger partial charge in [0, 0.05) is 13.2 Å². The van der Waals surface area contributed by atoms with Gasteiger partial charge in [0.25, 0.3) is 5.91 Å². The van der Waals surface area contributed by atoms with Crippen molar-refractivity contribution >= 4 is 27.8 Å². The summed E-state index contributed by atoms with van der Waals surface area (Å²) >= 11 is 3.09. The molecular weight excluding hydrogens is 306 g/mol. The zero-order valence-electron chi connectivity index (χ0n) is 9.81. The van der Waals surface area contributed by atoms with E-state index in [1.165, 1.54) is 6.07 Å². The number of carbonyl (C=O) groups excluding carboxylic acids is 1. The third kappa shape index (κ3) is 4.89. The van der Waals surface area contributed by atoms with Crippen molar-refractivity contribution in [3.8, 4) is 0 Å². The second-order valence-corrected chi connectivity index (χ2v) is 4.27. The van der Waals surface area contributed by atoms with Crippen LogP contribution in [0.5, 0.6) is 0 Å². The van der Waals surface area contributed by atoms with Gasteiger partial charge in [0.1, 0.15) is 0 Å². The Morgan fingerprint density at radius 2 is 2.28 bits per heavy atom. The van der Waals surface area contributed by atoms with E-state index in [1.807, 2.05) is 0 Å². The Morgan fingerprint density at radius 1 is 1.56 bits per heavy atom. The highest BCUT2D eigenvalue weighted by atomic mass is 79.9. The van der Waals surface area contributed by atoms with Gasteiger partial charge in [-0.15, -0.1) is 0 Å². The molecule has 1 heterocycles. The van der Waals surface area contributed by atoms with Crippen LogP contribution in [0.25, 0.3) is 0 Å². The van der Waals surface area contributed by atoms with Crippen molar-refractivity contribution < 1.29 is 23.8 Å². The Balaban J connectivity index is 2.46. The van der Waals surface area contributed by atoms with Crippen LogP contribution in [0, 0.1) is 0 Å². The first-order valence-corrected chi connectivity index (χ1v) is 6.19. The number of amides is 1. The number of hydrogen-bond donors (Lipinski definition) is 2. The zero-order chi connectivity index (χ0) is 13.5. The molecule has 0 fully saturated rings. The fourth-order valence-corrected chi connectivity index (χ4v) is 1.66. The van der Waals surface area contributed by atoms with E-state index in [-0.39, 0.29) is 18.7 Å². The van der Waals surface area contributed by atoms with Gasteiger partial charge in [-0.3, -0.25) is 9.59 Å². The third-order valence-electron chi connectivity index (χ3n) is 2.09. The van der Waals surface area contributed by atoms with Crippen LogP contribution in [0.3, 0.4) is 0 Å². The lowest BCUT2D eigenvalue weighted by Gasteiger charge is -2.15. The summed E-state index contributed by atoms with van der Waals surface area (Å²) in [5, 5.41) is 11.2. The predicted molar refractivity (Wildman–Crippen MR) is 66.4 cm³/mol. The largest absolute Gasteiger partial charge is 0.481 e. The molecule has 0 saturated heterocycles. The number of carboxylic acid groups (broad SMARTS) is 1. The molecule has 0 aliphatic rings. The Hall–Kier alpha value is -1.34. The SMILES string of the molecule is CCOC(CNC(=O)c1ccc(Br)o1)CC(=O)O. The van der Waals surface area contributed by atoms with Crippen LogP contribution in [-0.2, 0) is 9.53 Å². The molecule has 1 aromatic heterocycles. The quantitative estimate of drug-likeness (QED) is 0.797. The first-order chi connectivity index (χ1) is 8.52. The summed E-state index contributed by atoms with van der Waals surface area (Å²) in [5.74, 6) is -1.22. The fourth-order valence-electron chi connectivity index (χ4n) is 1.35. The average molecular weight is 320 g/mol. The average Bonchev–Trinajstić information content (AvgIpc) is 2.72. The summed E-state index contributed by atoms with van der Waals surface area (Å²) in [6, 6.07) is 3.12. The molecule has 0 bridgehead atoms. The van der Waals surface area contributed by atoms with Crippen LogP contribution < -0.4 is 5.32 Å². The van der Waals surface area contributed by atoms with Gasteiger partial charge in [-0.2, -0.15) is 0 Å². The number of ether oxygens (including phenoxy) is 1. The Labute approximate surface area is 112 Å². The molecule has 0 aliphatic carbocycles. The molecule has 0 aromatic carbocycles. The van der Waals surface area contributed by atoms with Gasteiger partial charge >= 0.3 is 5.97 Å². The molecule has 0 spiro atoms. The summed E-state index contributed by atoms with van der Waals surface area (Å²) < 4.78 is 10.7. The highest BCUT2D eigenvalue weighted by Crippen LogP contribution is 2.13. The fraction of sp³-hybridized carbons (Fsp3) is 0.455. The van der Waals surface area contributed by atoms with Crippen molar-refractivity contribution in [1.29, 1.82) is 0 Å². The van der Waals surface area contributed by atoms with Gasteiger partial charge in [-0.1, -0.05) is 0 Å². The van der Waals surface area contributed by atoms with Crippen molar-refractivity contribution in [3.63, 3.8) is 0 Å². The van der Waals surface area contributed by atoms with E-state index in [9.17, 15) is 9.59 Å². The number of furan rings is 1. The Morgan fingerprint density at radius 3 is 2.78 bits per heavy atom. The summed E-state index contributed by atoms with van der Waals surface area (Å²) in [6.07, 6.45) is -0.703. The van der Waals surface area contributed by atoms with Crippen LogP contribution in [0.15, 0.2) is 21.2 Å². The summed E-state index contributed by atoms with van der Waals surface area (Å²) in [7, 11) is 0. The number of carbonyl (C=O) groups is 2. The Bertz CT molecular complexity index is 417. The monoisotopic (exact) mass is 319 g/mol. The molecule has 6 nitrogen and oxygen atoms in total. The summed E-state index contributed by atoms with van der Waals surface area (Å²) in [5.41, 5.74) is 0. The minimum atomic E-state index is -0.969. The van der Waals surface area contributed by atoms with Crippen molar-refractivity contribution in [2.24, 2.45) is 0 Å². The number of hydrogen-bond acceptors (Lipinski definition) is 4. The maximum absolute atomic E-state index is 11.6. The summed E-state index contributed by atoms with van der Waals surface area (Å²) in [6.45, 7) is 2.28. The van der Waals surface area contributed by atoms with E-state index in [0.717, 1.165) is 0 Å². The highest BCUT2D eigenvalue weighted by molar-refractivity contribution is 9.10. The van der Waals surface area contributed by atoms with E-state index in [2.05, 4.69) is 21.2 Å². The normalized spacial score (nSPS) is 12.1. The maximum atomic E-state index is 11.6. The number of nitrogens with one attached hydrogen (secondary N) is 1. The van der Waals surface area contributed by atoms with Crippen molar-refractivity contribution in [1.82, 2.24) is 5.32 Å². The smallest absolute Gasteiger partial charge is 0.306 e. The first kappa shape index (κ1) is 14.7. The van der Waals surface area contributed by atoms with Gasteiger partial charge in [-0.25, -0.2) is 0 Å². The molecule has 7 heteroatoms. The van der Waals surface area contributed by atoms with E-state index < -0.39 is 18.0 Å². The Kier molecular flexibility index (Phi) is 5.87. The molecule has 18 heavy (non-hydrogen) atoms. The molecule has 1 unspecified atom stereocenters. The number of halogens is 1. The molecular formula is C11H14BrNO5. The van der Waals surface area contributed by atoms with E-state index in [0.29, 0.717) is 11.3 Å². The van der Waals surface area contributed by atoms with Crippen LogP contribution in [0.4, 0.5) is 0 Å². The lowest BCUT2D eigenvalue weighted by atomic mass is 10.2. The minimum absolute atomic E-state index is 0.122. The van der Waals surface area contributed by atoms with Crippen molar-refractivity contribution in [2.75, 3.05) is 13.2 Å². The lowest BCUT2D eigenvalue weighted by Crippen LogP contribution is -2.34. The molecule has 100 valence electrons. The predicted octanol–water partition coefficient (Wildman–Crippen LogP) is 1.65. The molecule has 1 rings (SSSR count). The topological polar surface area (TPSA) is 88.8 Å². The molecule has 0 aliphatic heterocycles. The van der Waals surface area contributed by atoms with Crippen LogP contribution in [0.1, 0.15) is 23.9 Å². The first-order valence-electron chi connectivity index (χ1n) is 5.39. The third-order valence-corrected chi connectivity index (χ3v) is 2.52. The van der Waals surface area contributed by atoms with Gasteiger partial charge in [0.2, 0.25) is 0 Å². The van der Waals surface area contributed by atoms with Gasteiger partial charge in [0.15, 0.2) is 10.4 Å². The van der Waals surface area contributed by atoms with Gasteiger partial charge in [-0.05, 0) is 35.0 Å². The van der Waals surface area contributed by atoms with Gasteiger partial charge in [0.05, 0.1) is 12.5 Å². The van der Waals surface area contributed by atoms with Gasteiger partial charge < -0.3 is 19.6 Å². The van der Waals surface area contributed by atoms with Crippen LogP contribution >= 0.6 is 15.9 Å². The summed E-state index contributed by atoms with van der Waals surface area (Å²) in [4.78, 5) is 22.2. The van der Waals surface area contributed by atoms with E-state index >= 15 is 0 Å². The van der Waals surface area contributed by atoms with Crippen molar-refractivity contribution in [3.05, 3.63) is 22.6 Å². The minimum Gasteiger partial charge on any atom is -0.481 e. The maximum Gasteiger partial charge on any atom is 0.306 e. The number of aliphatic carboxylic acids is 1.